The number of hydrogen-bond acceptors (Lipinski definition) is 2. The van der Waals surface area contributed by atoms with Crippen molar-refractivity contribution in [1.29, 1.82) is 0 Å². The Balaban J connectivity index is 1.40. The standard InChI is InChI=1S/C23H35N3O2/c1-2-3-7-18-10-12-20(13-11-18)25-23(28)26-16-14-21(15-17-26)24-22(27)19-8-5-4-6-9-19/h10-13,19,21H,2-9,14-17H2,1H3,(H,24,27)(H,25,28). The summed E-state index contributed by atoms with van der Waals surface area (Å²) in [6.07, 6.45) is 10.8. The van der Waals surface area contributed by atoms with Crippen molar-refractivity contribution in [2.24, 2.45) is 5.92 Å². The summed E-state index contributed by atoms with van der Waals surface area (Å²) < 4.78 is 0. The molecule has 1 aliphatic heterocycles. The van der Waals surface area contributed by atoms with Gasteiger partial charge in [0.05, 0.1) is 0 Å². The maximum Gasteiger partial charge on any atom is 0.321 e. The molecule has 1 aromatic rings. The van der Waals surface area contributed by atoms with Crippen LogP contribution in [0.3, 0.4) is 0 Å². The Morgan fingerprint density at radius 3 is 2.32 bits per heavy atom. The minimum atomic E-state index is -0.0432. The number of unbranched alkanes of at least 4 members (excludes halogenated alkanes) is 1. The molecule has 2 fully saturated rings. The SMILES string of the molecule is CCCCc1ccc(NC(=O)N2CCC(NC(=O)C3CCCCC3)CC2)cc1. The fourth-order valence-corrected chi connectivity index (χ4v) is 4.25. The first-order valence-electron chi connectivity index (χ1n) is 11.1. The van der Waals surface area contributed by atoms with Gasteiger partial charge in [-0.1, -0.05) is 44.7 Å². The van der Waals surface area contributed by atoms with Crippen LogP contribution in [-0.2, 0) is 11.2 Å². The van der Waals surface area contributed by atoms with E-state index in [4.69, 9.17) is 0 Å². The largest absolute Gasteiger partial charge is 0.353 e. The second-order valence-corrected chi connectivity index (χ2v) is 8.34. The van der Waals surface area contributed by atoms with Crippen LogP contribution >= 0.6 is 0 Å². The van der Waals surface area contributed by atoms with Crippen LogP contribution in [-0.4, -0.2) is 36.0 Å². The first kappa shape index (κ1) is 20.7. The molecular weight excluding hydrogens is 350 g/mol. The number of carbonyl (C=O) groups excluding carboxylic acids is 2. The maximum absolute atomic E-state index is 12.5. The lowest BCUT2D eigenvalue weighted by molar-refractivity contribution is -0.126. The number of aryl methyl sites for hydroxylation is 1. The molecule has 0 radical (unpaired) electrons. The van der Waals surface area contributed by atoms with E-state index in [1.165, 1.54) is 37.7 Å². The number of carbonyl (C=O) groups is 2. The van der Waals surface area contributed by atoms with Crippen molar-refractivity contribution >= 4 is 17.6 Å². The van der Waals surface area contributed by atoms with Crippen molar-refractivity contribution in [1.82, 2.24) is 10.2 Å². The molecule has 1 aromatic carbocycles. The molecule has 28 heavy (non-hydrogen) atoms. The predicted octanol–water partition coefficient (Wildman–Crippen LogP) is 4.72. The van der Waals surface area contributed by atoms with Gasteiger partial charge in [0.15, 0.2) is 0 Å². The zero-order valence-corrected chi connectivity index (χ0v) is 17.2. The molecule has 3 amide bonds. The van der Waals surface area contributed by atoms with Gasteiger partial charge in [-0.15, -0.1) is 0 Å². The second kappa shape index (κ2) is 10.5. The topological polar surface area (TPSA) is 61.4 Å². The number of urea groups is 1. The molecule has 2 aliphatic rings. The minimum Gasteiger partial charge on any atom is -0.353 e. The number of likely N-dealkylation sites (tertiary alicyclic amines) is 1. The van der Waals surface area contributed by atoms with Crippen LogP contribution in [0.15, 0.2) is 24.3 Å². The lowest BCUT2D eigenvalue weighted by atomic mass is 9.88. The lowest BCUT2D eigenvalue weighted by Gasteiger charge is -2.33. The number of benzene rings is 1. The van der Waals surface area contributed by atoms with Gasteiger partial charge in [-0.2, -0.15) is 0 Å². The van der Waals surface area contributed by atoms with Crippen LogP contribution in [0.4, 0.5) is 10.5 Å². The molecule has 0 spiro atoms. The second-order valence-electron chi connectivity index (χ2n) is 8.34. The van der Waals surface area contributed by atoms with E-state index in [0.29, 0.717) is 13.1 Å². The molecule has 1 heterocycles. The molecule has 1 saturated carbocycles. The van der Waals surface area contributed by atoms with Crippen LogP contribution in [0.2, 0.25) is 0 Å². The van der Waals surface area contributed by atoms with E-state index in [9.17, 15) is 9.59 Å². The highest BCUT2D eigenvalue weighted by Crippen LogP contribution is 2.24. The molecule has 5 nitrogen and oxygen atoms in total. The van der Waals surface area contributed by atoms with Crippen LogP contribution in [0.25, 0.3) is 0 Å². The summed E-state index contributed by atoms with van der Waals surface area (Å²) in [5, 5.41) is 6.23. The molecule has 1 aliphatic carbocycles. The van der Waals surface area contributed by atoms with E-state index in [1.54, 1.807) is 0 Å². The summed E-state index contributed by atoms with van der Waals surface area (Å²) in [6, 6.07) is 8.33. The monoisotopic (exact) mass is 385 g/mol. The number of anilines is 1. The Bertz CT molecular complexity index is 630. The van der Waals surface area contributed by atoms with Gasteiger partial charge in [0.25, 0.3) is 0 Å². The summed E-state index contributed by atoms with van der Waals surface area (Å²) in [6.45, 7) is 3.57. The third kappa shape index (κ3) is 5.98. The zero-order valence-electron chi connectivity index (χ0n) is 17.2. The number of amides is 3. The van der Waals surface area contributed by atoms with Crippen LogP contribution in [0, 0.1) is 5.92 Å². The summed E-state index contributed by atoms with van der Waals surface area (Å²) in [4.78, 5) is 26.8. The zero-order chi connectivity index (χ0) is 19.8. The van der Waals surface area contributed by atoms with Gasteiger partial charge in [0, 0.05) is 30.7 Å². The van der Waals surface area contributed by atoms with Gasteiger partial charge >= 0.3 is 6.03 Å². The molecular formula is C23H35N3O2. The van der Waals surface area contributed by atoms with Gasteiger partial charge < -0.3 is 15.5 Å². The minimum absolute atomic E-state index is 0.0432. The molecule has 154 valence electrons. The Labute approximate surface area is 169 Å². The Kier molecular flexibility index (Phi) is 7.75. The lowest BCUT2D eigenvalue weighted by Crippen LogP contribution is -2.49. The number of piperidine rings is 1. The van der Waals surface area contributed by atoms with Crippen LogP contribution in [0.1, 0.15) is 70.3 Å². The van der Waals surface area contributed by atoms with E-state index in [1.807, 2.05) is 17.0 Å². The van der Waals surface area contributed by atoms with Gasteiger partial charge in [-0.05, 0) is 56.2 Å². The molecule has 0 bridgehead atoms. The van der Waals surface area contributed by atoms with Gasteiger partial charge in [0.1, 0.15) is 0 Å². The Hall–Kier alpha value is -2.04. The molecule has 0 aromatic heterocycles. The number of rotatable bonds is 6. The van der Waals surface area contributed by atoms with Gasteiger partial charge in [-0.25, -0.2) is 4.79 Å². The van der Waals surface area contributed by atoms with Gasteiger partial charge in [0.2, 0.25) is 5.91 Å². The van der Waals surface area contributed by atoms with Crippen LogP contribution < -0.4 is 10.6 Å². The Morgan fingerprint density at radius 1 is 1.00 bits per heavy atom. The van der Waals surface area contributed by atoms with Crippen LogP contribution in [0.5, 0.6) is 0 Å². The van der Waals surface area contributed by atoms with Crippen molar-refractivity contribution in [3.63, 3.8) is 0 Å². The van der Waals surface area contributed by atoms with Crippen molar-refractivity contribution in [2.45, 2.75) is 77.2 Å². The highest BCUT2D eigenvalue weighted by Gasteiger charge is 2.27. The predicted molar refractivity (Wildman–Crippen MR) is 113 cm³/mol. The Morgan fingerprint density at radius 2 is 1.68 bits per heavy atom. The summed E-state index contributed by atoms with van der Waals surface area (Å²) in [7, 11) is 0. The van der Waals surface area contributed by atoms with E-state index < -0.39 is 0 Å². The van der Waals surface area contributed by atoms with Crippen molar-refractivity contribution in [3.05, 3.63) is 29.8 Å². The number of nitrogens with one attached hydrogen (secondary N) is 2. The first-order chi connectivity index (χ1) is 13.7. The maximum atomic E-state index is 12.5. The molecule has 2 N–H and O–H groups in total. The van der Waals surface area contributed by atoms with E-state index in [0.717, 1.165) is 37.8 Å². The fraction of sp³-hybridized carbons (Fsp3) is 0.652. The highest BCUT2D eigenvalue weighted by atomic mass is 16.2. The third-order valence-corrected chi connectivity index (χ3v) is 6.13. The summed E-state index contributed by atoms with van der Waals surface area (Å²) in [5.74, 6) is 0.432. The quantitative estimate of drug-likeness (QED) is 0.744. The van der Waals surface area contributed by atoms with Gasteiger partial charge in [-0.3, -0.25) is 4.79 Å². The van der Waals surface area contributed by atoms with E-state index in [2.05, 4.69) is 29.7 Å². The molecule has 3 rings (SSSR count). The van der Waals surface area contributed by atoms with Crippen molar-refractivity contribution in [3.8, 4) is 0 Å². The molecule has 1 saturated heterocycles. The highest BCUT2D eigenvalue weighted by molar-refractivity contribution is 5.89. The average molecular weight is 386 g/mol. The normalized spacial score (nSPS) is 18.7. The van der Waals surface area contributed by atoms with E-state index >= 15 is 0 Å². The summed E-state index contributed by atoms with van der Waals surface area (Å²) >= 11 is 0. The smallest absolute Gasteiger partial charge is 0.321 e. The van der Waals surface area contributed by atoms with Crippen molar-refractivity contribution in [2.75, 3.05) is 18.4 Å². The average Bonchev–Trinajstić information content (AvgIpc) is 2.74. The molecule has 0 atom stereocenters. The fourth-order valence-electron chi connectivity index (χ4n) is 4.25. The molecule has 5 heteroatoms. The number of nitrogens with zero attached hydrogens (tertiary/aromatic N) is 1. The molecule has 0 unspecified atom stereocenters. The summed E-state index contributed by atoms with van der Waals surface area (Å²) in [5.41, 5.74) is 2.16. The van der Waals surface area contributed by atoms with E-state index in [-0.39, 0.29) is 23.9 Å². The first-order valence-corrected chi connectivity index (χ1v) is 11.1. The number of hydrogen-bond donors (Lipinski definition) is 2. The third-order valence-electron chi connectivity index (χ3n) is 6.13. The van der Waals surface area contributed by atoms with Crippen molar-refractivity contribution < 1.29 is 9.59 Å².